The molecule has 2 rings (SSSR count). The highest BCUT2D eigenvalue weighted by molar-refractivity contribution is 6.20. The van der Waals surface area contributed by atoms with Gasteiger partial charge in [0, 0.05) is 6.08 Å². The molecule has 4 heteroatoms. The molecular formula is C15H16NO3+. The van der Waals surface area contributed by atoms with Gasteiger partial charge in [0.1, 0.15) is 5.56 Å². The summed E-state index contributed by atoms with van der Waals surface area (Å²) in [6.45, 7) is 5.37. The molecule has 0 N–H and O–H groups in total. The number of carbonyl (C=O) groups excluding carboxylic acids is 3. The molecule has 98 valence electrons. The molecule has 1 aliphatic rings. The second-order valence-corrected chi connectivity index (χ2v) is 4.75. The van der Waals surface area contributed by atoms with Crippen LogP contribution in [0.15, 0.2) is 30.9 Å². The summed E-state index contributed by atoms with van der Waals surface area (Å²) in [5.74, 6) is -1.51. The van der Waals surface area contributed by atoms with Gasteiger partial charge in [0.2, 0.25) is 0 Å². The molecular weight excluding hydrogens is 242 g/mol. The van der Waals surface area contributed by atoms with Crippen molar-refractivity contribution in [3.8, 4) is 0 Å². The number of imide groups is 3. The summed E-state index contributed by atoms with van der Waals surface area (Å²) in [6.07, 6.45) is 2.61. The van der Waals surface area contributed by atoms with Crippen molar-refractivity contribution in [2.45, 2.75) is 19.8 Å². The van der Waals surface area contributed by atoms with E-state index in [4.69, 9.17) is 0 Å². The van der Waals surface area contributed by atoms with Crippen molar-refractivity contribution in [1.29, 1.82) is 0 Å². The minimum absolute atomic E-state index is 0.341. The number of fused-ring (bicyclic) bond motifs is 1. The predicted octanol–water partition coefficient (Wildman–Crippen LogP) is 2.09. The zero-order chi connectivity index (χ0) is 14.2. The van der Waals surface area contributed by atoms with Crippen LogP contribution < -0.4 is 0 Å². The molecule has 1 heterocycles. The number of nitrogens with zero attached hydrogens (tertiary/aromatic N) is 1. The summed E-state index contributed by atoms with van der Waals surface area (Å²) >= 11 is 0. The van der Waals surface area contributed by atoms with Gasteiger partial charge in [-0.15, -0.1) is 4.48 Å². The standard InChI is InChI=1S/C15H16NO3/c1-4-7-10-8-6-9-11-13(10)15(19)16(3,14(11)18)12(17)5-2/h5-6,8-9H,2,4,7H2,1,3H3/q+1. The highest BCUT2D eigenvalue weighted by Gasteiger charge is 2.55. The van der Waals surface area contributed by atoms with Crippen molar-refractivity contribution >= 4 is 17.7 Å². The van der Waals surface area contributed by atoms with Gasteiger partial charge in [0.05, 0.1) is 12.6 Å². The molecule has 3 amide bonds. The molecule has 1 aliphatic heterocycles. The monoisotopic (exact) mass is 258 g/mol. The van der Waals surface area contributed by atoms with Crippen molar-refractivity contribution in [3.05, 3.63) is 47.5 Å². The summed E-state index contributed by atoms with van der Waals surface area (Å²) in [7, 11) is 1.34. The second-order valence-electron chi connectivity index (χ2n) is 4.75. The van der Waals surface area contributed by atoms with Crippen molar-refractivity contribution in [3.63, 3.8) is 0 Å². The average Bonchev–Trinajstić information content (AvgIpc) is 2.62. The number of hydrogen-bond donors (Lipinski definition) is 0. The molecule has 1 aromatic rings. The Morgan fingerprint density at radius 2 is 2.00 bits per heavy atom. The third-order valence-corrected chi connectivity index (χ3v) is 3.54. The molecule has 0 radical (unpaired) electrons. The van der Waals surface area contributed by atoms with E-state index in [0.29, 0.717) is 17.5 Å². The number of hydrogen-bond acceptors (Lipinski definition) is 3. The number of quaternary nitrogens is 1. The summed E-state index contributed by atoms with van der Waals surface area (Å²) in [5, 5.41) is 0. The van der Waals surface area contributed by atoms with Crippen LogP contribution in [0.4, 0.5) is 0 Å². The van der Waals surface area contributed by atoms with E-state index in [0.717, 1.165) is 18.1 Å². The molecule has 1 atom stereocenters. The van der Waals surface area contributed by atoms with Crippen LogP contribution in [-0.4, -0.2) is 29.3 Å². The van der Waals surface area contributed by atoms with Crippen LogP contribution in [0.25, 0.3) is 0 Å². The third kappa shape index (κ3) is 1.68. The topological polar surface area (TPSA) is 51.2 Å². The van der Waals surface area contributed by atoms with Gasteiger partial charge < -0.3 is 0 Å². The second kappa shape index (κ2) is 4.55. The minimum atomic E-state index is -0.862. The van der Waals surface area contributed by atoms with Gasteiger partial charge in [-0.2, -0.15) is 0 Å². The number of rotatable bonds is 3. The Bertz CT molecular complexity index is 603. The Kier molecular flexibility index (Phi) is 3.20. The number of benzene rings is 1. The van der Waals surface area contributed by atoms with Gasteiger partial charge in [-0.3, -0.25) is 0 Å². The van der Waals surface area contributed by atoms with E-state index in [1.165, 1.54) is 7.05 Å². The van der Waals surface area contributed by atoms with Crippen LogP contribution in [0.1, 0.15) is 39.6 Å². The van der Waals surface area contributed by atoms with Gasteiger partial charge in [-0.05, 0) is 18.1 Å². The van der Waals surface area contributed by atoms with Crippen molar-refractivity contribution in [1.82, 2.24) is 0 Å². The van der Waals surface area contributed by atoms with Crippen LogP contribution >= 0.6 is 0 Å². The molecule has 0 spiro atoms. The zero-order valence-corrected chi connectivity index (χ0v) is 11.1. The fraction of sp³-hybridized carbons (Fsp3) is 0.267. The van der Waals surface area contributed by atoms with E-state index in [1.54, 1.807) is 12.1 Å². The first-order valence-electron chi connectivity index (χ1n) is 6.23. The van der Waals surface area contributed by atoms with E-state index < -0.39 is 22.2 Å². The minimum Gasteiger partial charge on any atom is -0.225 e. The lowest BCUT2D eigenvalue weighted by Gasteiger charge is -2.18. The molecule has 0 saturated heterocycles. The van der Waals surface area contributed by atoms with E-state index in [2.05, 4.69) is 6.58 Å². The fourth-order valence-corrected chi connectivity index (χ4v) is 2.45. The van der Waals surface area contributed by atoms with Crippen LogP contribution in [0, 0.1) is 0 Å². The molecule has 0 bridgehead atoms. The molecule has 19 heavy (non-hydrogen) atoms. The maximum absolute atomic E-state index is 12.5. The first kappa shape index (κ1) is 13.4. The number of likely N-dealkylation sites (N-methyl/N-ethyl adjacent to an activating group) is 1. The summed E-state index contributed by atoms with van der Waals surface area (Å²) in [4.78, 5) is 36.8. The van der Waals surface area contributed by atoms with Crippen molar-refractivity contribution in [2.75, 3.05) is 7.05 Å². The molecule has 1 unspecified atom stereocenters. The molecule has 1 aromatic carbocycles. The van der Waals surface area contributed by atoms with E-state index in [9.17, 15) is 14.4 Å². The van der Waals surface area contributed by atoms with Crippen molar-refractivity contribution in [2.24, 2.45) is 0 Å². The first-order chi connectivity index (χ1) is 8.98. The van der Waals surface area contributed by atoms with Crippen molar-refractivity contribution < 1.29 is 18.9 Å². The lowest BCUT2D eigenvalue weighted by atomic mass is 9.99. The Balaban J connectivity index is 2.65. The highest BCUT2D eigenvalue weighted by atomic mass is 16.2. The van der Waals surface area contributed by atoms with E-state index >= 15 is 0 Å². The van der Waals surface area contributed by atoms with Gasteiger partial charge in [0.25, 0.3) is 0 Å². The molecule has 0 aromatic heterocycles. The fourth-order valence-electron chi connectivity index (χ4n) is 2.45. The number of aryl methyl sites for hydroxylation is 1. The lowest BCUT2D eigenvalue weighted by Crippen LogP contribution is -2.53. The Labute approximate surface area is 111 Å². The maximum atomic E-state index is 12.5. The highest BCUT2D eigenvalue weighted by Crippen LogP contribution is 2.31. The van der Waals surface area contributed by atoms with E-state index in [1.807, 2.05) is 13.0 Å². The molecule has 0 aliphatic carbocycles. The number of carbonyl (C=O) groups is 3. The quantitative estimate of drug-likeness (QED) is 0.474. The maximum Gasteiger partial charge on any atom is 0.362 e. The average molecular weight is 258 g/mol. The SMILES string of the molecule is C=CC(=O)[N+]1(C)C(=O)c2cccc(CCC)c2C1=O. The Morgan fingerprint density at radius 3 is 2.58 bits per heavy atom. The molecule has 0 saturated carbocycles. The summed E-state index contributed by atoms with van der Waals surface area (Å²) in [6, 6.07) is 5.19. The first-order valence-corrected chi connectivity index (χ1v) is 6.23. The largest absolute Gasteiger partial charge is 0.362 e. The zero-order valence-electron chi connectivity index (χ0n) is 11.1. The van der Waals surface area contributed by atoms with Gasteiger partial charge in [-0.25, -0.2) is 14.4 Å². The van der Waals surface area contributed by atoms with Crippen LogP contribution in [0.2, 0.25) is 0 Å². The summed E-state index contributed by atoms with van der Waals surface area (Å²) in [5.41, 5.74) is 1.57. The van der Waals surface area contributed by atoms with Gasteiger partial charge >= 0.3 is 17.7 Å². The van der Waals surface area contributed by atoms with Crippen LogP contribution in [-0.2, 0) is 11.2 Å². The normalized spacial score (nSPS) is 21.4. The van der Waals surface area contributed by atoms with Crippen LogP contribution in [0.5, 0.6) is 0 Å². The van der Waals surface area contributed by atoms with Gasteiger partial charge in [0.15, 0.2) is 0 Å². The Morgan fingerprint density at radius 1 is 1.32 bits per heavy atom. The lowest BCUT2D eigenvalue weighted by molar-refractivity contribution is -0.656. The predicted molar refractivity (Wildman–Crippen MR) is 70.5 cm³/mol. The van der Waals surface area contributed by atoms with Gasteiger partial charge in [-0.1, -0.05) is 32.1 Å². The third-order valence-electron chi connectivity index (χ3n) is 3.54. The summed E-state index contributed by atoms with van der Waals surface area (Å²) < 4.78 is -0.862. The Hall–Kier alpha value is -2.07. The van der Waals surface area contributed by atoms with Crippen LogP contribution in [0.3, 0.4) is 0 Å². The molecule has 4 nitrogen and oxygen atoms in total. The number of amides is 3. The van der Waals surface area contributed by atoms with E-state index in [-0.39, 0.29) is 0 Å². The molecule has 0 fully saturated rings. The smallest absolute Gasteiger partial charge is 0.225 e.